The Kier molecular flexibility index (Phi) is 3.25. The van der Waals surface area contributed by atoms with E-state index in [-0.39, 0.29) is 11.6 Å². The van der Waals surface area contributed by atoms with Gasteiger partial charge in [0.15, 0.2) is 0 Å². The Morgan fingerprint density at radius 2 is 2.14 bits per heavy atom. The summed E-state index contributed by atoms with van der Waals surface area (Å²) in [6.45, 7) is 4.04. The van der Waals surface area contributed by atoms with E-state index in [1.165, 1.54) is 0 Å². The molecule has 2 aromatic rings. The highest BCUT2D eigenvalue weighted by Gasteiger charge is 2.25. The van der Waals surface area contributed by atoms with Gasteiger partial charge >= 0.3 is 5.97 Å². The van der Waals surface area contributed by atoms with Crippen molar-refractivity contribution in [2.45, 2.75) is 19.9 Å². The van der Waals surface area contributed by atoms with Gasteiger partial charge in [0.05, 0.1) is 17.4 Å². The summed E-state index contributed by atoms with van der Waals surface area (Å²) < 4.78 is 5.62. The van der Waals surface area contributed by atoms with Crippen molar-refractivity contribution in [1.29, 1.82) is 0 Å². The van der Waals surface area contributed by atoms with Crippen LogP contribution in [0, 0.1) is 13.8 Å². The summed E-state index contributed by atoms with van der Waals surface area (Å²) in [5.74, 6) is -0.135. The third-order valence-corrected chi connectivity index (χ3v) is 3.57. The highest BCUT2D eigenvalue weighted by Crippen LogP contribution is 2.35. The lowest BCUT2D eigenvalue weighted by molar-refractivity contribution is 0.0696. The number of benzene rings is 1. The molecule has 0 radical (unpaired) electrons. The van der Waals surface area contributed by atoms with E-state index < -0.39 is 5.97 Å². The minimum Gasteiger partial charge on any atom is -0.491 e. The Hall–Kier alpha value is -2.56. The molecule has 0 fully saturated rings. The second-order valence-corrected chi connectivity index (χ2v) is 5.12. The number of para-hydroxylation sites is 1. The van der Waals surface area contributed by atoms with Crippen molar-refractivity contribution in [2.24, 2.45) is 0 Å². The van der Waals surface area contributed by atoms with Crippen LogP contribution in [0.2, 0.25) is 0 Å². The van der Waals surface area contributed by atoms with Crippen LogP contribution in [0.3, 0.4) is 0 Å². The SMILES string of the molecule is Cc1cc(NC2COc3ccccc32)c(C(=O)O)c(C)n1. The number of aromatic carboxylic acids is 1. The van der Waals surface area contributed by atoms with Crippen LogP contribution in [0.1, 0.15) is 33.4 Å². The molecule has 5 nitrogen and oxygen atoms in total. The molecule has 0 bridgehead atoms. The van der Waals surface area contributed by atoms with Crippen molar-refractivity contribution in [3.05, 3.63) is 52.8 Å². The average molecular weight is 284 g/mol. The van der Waals surface area contributed by atoms with E-state index in [0.29, 0.717) is 18.0 Å². The fourth-order valence-corrected chi connectivity index (χ4v) is 2.68. The number of pyridine rings is 1. The van der Waals surface area contributed by atoms with E-state index in [2.05, 4.69) is 10.3 Å². The number of hydrogen-bond donors (Lipinski definition) is 2. The normalized spacial score (nSPS) is 16.2. The third kappa shape index (κ3) is 2.42. The number of carboxylic acid groups (broad SMARTS) is 1. The van der Waals surface area contributed by atoms with Crippen molar-refractivity contribution >= 4 is 11.7 Å². The summed E-state index contributed by atoms with van der Waals surface area (Å²) in [5, 5.41) is 12.7. The van der Waals surface area contributed by atoms with Crippen molar-refractivity contribution in [1.82, 2.24) is 4.98 Å². The van der Waals surface area contributed by atoms with Gasteiger partial charge in [-0.25, -0.2) is 4.79 Å². The fraction of sp³-hybridized carbons (Fsp3) is 0.250. The quantitative estimate of drug-likeness (QED) is 0.906. The highest BCUT2D eigenvalue weighted by molar-refractivity contribution is 5.95. The van der Waals surface area contributed by atoms with Gasteiger partial charge in [-0.2, -0.15) is 0 Å². The minimum absolute atomic E-state index is 0.0551. The summed E-state index contributed by atoms with van der Waals surface area (Å²) >= 11 is 0. The van der Waals surface area contributed by atoms with Crippen molar-refractivity contribution < 1.29 is 14.6 Å². The van der Waals surface area contributed by atoms with Crippen molar-refractivity contribution in [2.75, 3.05) is 11.9 Å². The predicted molar refractivity (Wildman–Crippen MR) is 79.0 cm³/mol. The van der Waals surface area contributed by atoms with Gasteiger partial charge in [0.2, 0.25) is 0 Å². The standard InChI is InChI=1S/C16H16N2O3/c1-9-7-12(15(16(19)20)10(2)17-9)18-13-8-21-14-6-4-3-5-11(13)14/h3-7,13H,8H2,1-2H3,(H,17,18)(H,19,20). The first kappa shape index (κ1) is 13.4. The lowest BCUT2D eigenvalue weighted by Crippen LogP contribution is -2.16. The van der Waals surface area contributed by atoms with Gasteiger partial charge in [0.25, 0.3) is 0 Å². The van der Waals surface area contributed by atoms with Crippen LogP contribution < -0.4 is 10.1 Å². The molecular weight excluding hydrogens is 268 g/mol. The Morgan fingerprint density at radius 3 is 2.90 bits per heavy atom. The molecular formula is C16H16N2O3. The molecule has 0 amide bonds. The largest absolute Gasteiger partial charge is 0.491 e. The molecule has 1 aromatic carbocycles. The number of hydrogen-bond acceptors (Lipinski definition) is 4. The molecule has 3 rings (SSSR count). The molecule has 0 aliphatic carbocycles. The molecule has 2 heterocycles. The zero-order chi connectivity index (χ0) is 15.0. The van der Waals surface area contributed by atoms with Gasteiger partial charge in [0, 0.05) is 11.3 Å². The van der Waals surface area contributed by atoms with Gasteiger partial charge in [-0.05, 0) is 26.0 Å². The monoisotopic (exact) mass is 284 g/mol. The van der Waals surface area contributed by atoms with Crippen LogP contribution in [-0.2, 0) is 0 Å². The molecule has 21 heavy (non-hydrogen) atoms. The zero-order valence-corrected chi connectivity index (χ0v) is 11.9. The highest BCUT2D eigenvalue weighted by atomic mass is 16.5. The Balaban J connectivity index is 1.98. The average Bonchev–Trinajstić information content (AvgIpc) is 2.81. The molecule has 2 N–H and O–H groups in total. The maximum atomic E-state index is 11.5. The van der Waals surface area contributed by atoms with E-state index in [0.717, 1.165) is 17.0 Å². The van der Waals surface area contributed by atoms with Crippen LogP contribution in [0.4, 0.5) is 5.69 Å². The molecule has 0 saturated heterocycles. The number of nitrogens with zero attached hydrogens (tertiary/aromatic N) is 1. The number of carboxylic acids is 1. The van der Waals surface area contributed by atoms with Crippen LogP contribution in [0.5, 0.6) is 5.75 Å². The number of aromatic nitrogens is 1. The maximum Gasteiger partial charge on any atom is 0.339 e. The van der Waals surface area contributed by atoms with Gasteiger partial charge in [0.1, 0.15) is 17.9 Å². The van der Waals surface area contributed by atoms with E-state index in [9.17, 15) is 9.90 Å². The molecule has 1 atom stereocenters. The smallest absolute Gasteiger partial charge is 0.339 e. The van der Waals surface area contributed by atoms with E-state index in [1.54, 1.807) is 13.0 Å². The van der Waals surface area contributed by atoms with Crippen LogP contribution in [0.25, 0.3) is 0 Å². The molecule has 108 valence electrons. The van der Waals surface area contributed by atoms with Crippen LogP contribution in [-0.4, -0.2) is 22.7 Å². The Labute approximate surface area is 122 Å². The lowest BCUT2D eigenvalue weighted by atomic mass is 10.1. The van der Waals surface area contributed by atoms with Crippen LogP contribution in [0.15, 0.2) is 30.3 Å². The van der Waals surface area contributed by atoms with Crippen LogP contribution >= 0.6 is 0 Å². The number of rotatable bonds is 3. The number of aryl methyl sites for hydroxylation is 2. The first-order valence-electron chi connectivity index (χ1n) is 6.76. The summed E-state index contributed by atoms with van der Waals surface area (Å²) in [6, 6.07) is 9.48. The Bertz CT molecular complexity index is 713. The number of ether oxygens (including phenoxy) is 1. The van der Waals surface area contributed by atoms with E-state index in [1.807, 2.05) is 31.2 Å². The molecule has 1 aromatic heterocycles. The van der Waals surface area contributed by atoms with E-state index in [4.69, 9.17) is 4.74 Å². The number of fused-ring (bicyclic) bond motifs is 1. The Morgan fingerprint density at radius 1 is 1.38 bits per heavy atom. The predicted octanol–water partition coefficient (Wildman–Crippen LogP) is 2.94. The zero-order valence-electron chi connectivity index (χ0n) is 11.9. The van der Waals surface area contributed by atoms with Gasteiger partial charge in [-0.1, -0.05) is 18.2 Å². The summed E-state index contributed by atoms with van der Waals surface area (Å²) in [7, 11) is 0. The molecule has 1 unspecified atom stereocenters. The minimum atomic E-state index is -0.977. The van der Waals surface area contributed by atoms with E-state index >= 15 is 0 Å². The van der Waals surface area contributed by atoms with Crippen molar-refractivity contribution in [3.63, 3.8) is 0 Å². The molecule has 1 aliphatic rings. The fourth-order valence-electron chi connectivity index (χ4n) is 2.68. The number of carbonyl (C=O) groups is 1. The summed E-state index contributed by atoms with van der Waals surface area (Å²) in [6.07, 6.45) is 0. The third-order valence-electron chi connectivity index (χ3n) is 3.57. The number of nitrogens with one attached hydrogen (secondary N) is 1. The molecule has 5 heteroatoms. The van der Waals surface area contributed by atoms with Gasteiger partial charge in [-0.15, -0.1) is 0 Å². The summed E-state index contributed by atoms with van der Waals surface area (Å²) in [4.78, 5) is 15.7. The topological polar surface area (TPSA) is 71.5 Å². The molecule has 0 saturated carbocycles. The number of anilines is 1. The van der Waals surface area contributed by atoms with Crippen molar-refractivity contribution in [3.8, 4) is 5.75 Å². The first-order valence-corrected chi connectivity index (χ1v) is 6.76. The maximum absolute atomic E-state index is 11.5. The lowest BCUT2D eigenvalue weighted by Gasteiger charge is -2.17. The molecule has 1 aliphatic heterocycles. The van der Waals surface area contributed by atoms with Gasteiger partial charge < -0.3 is 15.2 Å². The first-order chi connectivity index (χ1) is 10.1. The summed E-state index contributed by atoms with van der Waals surface area (Å²) in [5.41, 5.74) is 3.13. The van der Waals surface area contributed by atoms with Gasteiger partial charge in [-0.3, -0.25) is 4.98 Å². The molecule has 0 spiro atoms. The second-order valence-electron chi connectivity index (χ2n) is 5.12. The second kappa shape index (κ2) is 5.09.